The summed E-state index contributed by atoms with van der Waals surface area (Å²) in [5.74, 6) is 1.40. The van der Waals surface area contributed by atoms with Gasteiger partial charge >= 0.3 is 0 Å². The Morgan fingerprint density at radius 1 is 1.17 bits per heavy atom. The number of hydrogen-bond acceptors (Lipinski definition) is 2. The van der Waals surface area contributed by atoms with Crippen LogP contribution >= 0.6 is 23.5 Å². The van der Waals surface area contributed by atoms with Crippen molar-refractivity contribution < 1.29 is 0 Å². The Morgan fingerprint density at radius 2 is 1.83 bits per heavy atom. The molecule has 1 aliphatic rings. The highest BCUT2D eigenvalue weighted by atomic mass is 32.2. The molecule has 1 heterocycles. The molecule has 12 heavy (non-hydrogen) atoms. The van der Waals surface area contributed by atoms with Gasteiger partial charge < -0.3 is 0 Å². The molecule has 0 spiro atoms. The first-order chi connectivity index (χ1) is 5.83. The molecule has 0 atom stereocenters. The molecule has 2 heteroatoms. The standard InChI is InChI=1S/C10H20S2/c1-3-5-10(6-4-2)7-8-11-9-12-10/h3-9H2,1-2H3. The summed E-state index contributed by atoms with van der Waals surface area (Å²) in [6.45, 7) is 4.64. The Labute approximate surface area is 85.3 Å². The highest BCUT2D eigenvalue weighted by Gasteiger charge is 2.30. The van der Waals surface area contributed by atoms with Gasteiger partial charge in [0.25, 0.3) is 0 Å². The van der Waals surface area contributed by atoms with Gasteiger partial charge in [-0.25, -0.2) is 0 Å². The van der Waals surface area contributed by atoms with Crippen LogP contribution in [0.1, 0.15) is 46.0 Å². The average molecular weight is 204 g/mol. The third kappa shape index (κ3) is 2.88. The molecule has 0 nitrogen and oxygen atoms in total. The average Bonchev–Trinajstić information content (AvgIpc) is 2.07. The zero-order chi connectivity index (χ0) is 8.86. The zero-order valence-electron chi connectivity index (χ0n) is 8.27. The Balaban J connectivity index is 2.44. The predicted octanol–water partition coefficient (Wildman–Crippen LogP) is 4.15. The fourth-order valence-corrected chi connectivity index (χ4v) is 5.40. The summed E-state index contributed by atoms with van der Waals surface area (Å²) in [7, 11) is 0. The first-order valence-corrected chi connectivity index (χ1v) is 7.19. The SMILES string of the molecule is CCCC1(CCC)CCSCS1. The van der Waals surface area contributed by atoms with Gasteiger partial charge in [0.1, 0.15) is 0 Å². The van der Waals surface area contributed by atoms with Crippen LogP contribution in [0.3, 0.4) is 0 Å². The van der Waals surface area contributed by atoms with Gasteiger partial charge in [-0.2, -0.15) is 11.8 Å². The lowest BCUT2D eigenvalue weighted by Crippen LogP contribution is -2.28. The van der Waals surface area contributed by atoms with E-state index < -0.39 is 0 Å². The van der Waals surface area contributed by atoms with Crippen LogP contribution in [0.5, 0.6) is 0 Å². The minimum Gasteiger partial charge on any atom is -0.151 e. The Bertz CT molecular complexity index is 101. The van der Waals surface area contributed by atoms with Gasteiger partial charge in [-0.1, -0.05) is 26.7 Å². The van der Waals surface area contributed by atoms with Crippen LogP contribution < -0.4 is 0 Å². The summed E-state index contributed by atoms with van der Waals surface area (Å²) >= 11 is 4.33. The van der Waals surface area contributed by atoms with E-state index in [1.54, 1.807) is 0 Å². The minimum absolute atomic E-state index is 0.675. The van der Waals surface area contributed by atoms with Crippen molar-refractivity contribution in [1.82, 2.24) is 0 Å². The molecule has 0 radical (unpaired) electrons. The van der Waals surface area contributed by atoms with Gasteiger partial charge in [-0.05, 0) is 25.0 Å². The van der Waals surface area contributed by atoms with E-state index in [2.05, 4.69) is 37.4 Å². The van der Waals surface area contributed by atoms with E-state index in [1.807, 2.05) is 0 Å². The second-order valence-electron chi connectivity index (χ2n) is 3.60. The summed E-state index contributed by atoms with van der Waals surface area (Å²) in [6.07, 6.45) is 7.04. The molecule has 1 aliphatic heterocycles. The lowest BCUT2D eigenvalue weighted by molar-refractivity contribution is 0.478. The molecule has 0 aromatic carbocycles. The highest BCUT2D eigenvalue weighted by molar-refractivity contribution is 8.17. The van der Waals surface area contributed by atoms with Crippen molar-refractivity contribution in [1.29, 1.82) is 0 Å². The lowest BCUT2D eigenvalue weighted by atomic mass is 9.94. The topological polar surface area (TPSA) is 0 Å². The molecule has 0 bridgehead atoms. The molecular formula is C10H20S2. The molecule has 0 aromatic rings. The zero-order valence-corrected chi connectivity index (χ0v) is 9.90. The molecule has 0 unspecified atom stereocenters. The summed E-state index contributed by atoms with van der Waals surface area (Å²) in [5, 5.41) is 1.33. The van der Waals surface area contributed by atoms with Gasteiger partial charge in [0.2, 0.25) is 0 Å². The Kier molecular flexibility index (Phi) is 4.88. The third-order valence-corrected chi connectivity index (χ3v) is 5.42. The number of rotatable bonds is 4. The van der Waals surface area contributed by atoms with Gasteiger partial charge in [-0.15, -0.1) is 11.8 Å². The van der Waals surface area contributed by atoms with Crippen LogP contribution in [0, 0.1) is 0 Å². The molecule has 0 aliphatic carbocycles. The van der Waals surface area contributed by atoms with Gasteiger partial charge in [-0.3, -0.25) is 0 Å². The lowest BCUT2D eigenvalue weighted by Gasteiger charge is -2.36. The normalized spacial score (nSPS) is 22.5. The predicted molar refractivity (Wildman–Crippen MR) is 62.1 cm³/mol. The van der Waals surface area contributed by atoms with E-state index in [1.165, 1.54) is 42.9 Å². The van der Waals surface area contributed by atoms with E-state index in [9.17, 15) is 0 Å². The summed E-state index contributed by atoms with van der Waals surface area (Å²) in [5.41, 5.74) is 0. The second-order valence-corrected chi connectivity index (χ2v) is 6.52. The van der Waals surface area contributed by atoms with Crippen LogP contribution in [-0.2, 0) is 0 Å². The first-order valence-electron chi connectivity index (χ1n) is 5.05. The fourth-order valence-electron chi connectivity index (χ4n) is 1.99. The van der Waals surface area contributed by atoms with E-state index in [-0.39, 0.29) is 0 Å². The monoisotopic (exact) mass is 204 g/mol. The Morgan fingerprint density at radius 3 is 2.25 bits per heavy atom. The largest absolute Gasteiger partial charge is 0.151 e. The van der Waals surface area contributed by atoms with Gasteiger partial charge in [0.15, 0.2) is 0 Å². The van der Waals surface area contributed by atoms with Crippen molar-refractivity contribution in [2.75, 3.05) is 10.8 Å². The van der Waals surface area contributed by atoms with Gasteiger partial charge in [0.05, 0.1) is 0 Å². The van der Waals surface area contributed by atoms with E-state index in [0.29, 0.717) is 4.75 Å². The Hall–Kier alpha value is 0.700. The van der Waals surface area contributed by atoms with Crippen molar-refractivity contribution in [2.24, 2.45) is 0 Å². The molecular weight excluding hydrogens is 184 g/mol. The van der Waals surface area contributed by atoms with Crippen LogP contribution in [0.15, 0.2) is 0 Å². The fraction of sp³-hybridized carbons (Fsp3) is 1.00. The third-order valence-electron chi connectivity index (χ3n) is 2.56. The van der Waals surface area contributed by atoms with Crippen molar-refractivity contribution in [3.8, 4) is 0 Å². The molecule has 1 fully saturated rings. The van der Waals surface area contributed by atoms with Crippen LogP contribution in [0.25, 0.3) is 0 Å². The quantitative estimate of drug-likeness (QED) is 0.674. The maximum Gasteiger partial charge on any atom is 0.0397 e. The first kappa shape index (κ1) is 10.8. The summed E-state index contributed by atoms with van der Waals surface area (Å²) < 4.78 is 0.675. The highest BCUT2D eigenvalue weighted by Crippen LogP contribution is 2.44. The minimum atomic E-state index is 0.675. The smallest absolute Gasteiger partial charge is 0.0397 e. The van der Waals surface area contributed by atoms with E-state index in [4.69, 9.17) is 0 Å². The molecule has 1 rings (SSSR count). The summed E-state index contributed by atoms with van der Waals surface area (Å²) in [6, 6.07) is 0. The molecule has 0 amide bonds. The van der Waals surface area contributed by atoms with Crippen LogP contribution in [0.2, 0.25) is 0 Å². The van der Waals surface area contributed by atoms with Crippen molar-refractivity contribution in [3.05, 3.63) is 0 Å². The van der Waals surface area contributed by atoms with Crippen molar-refractivity contribution >= 4 is 23.5 Å². The number of hydrogen-bond donors (Lipinski definition) is 0. The van der Waals surface area contributed by atoms with Gasteiger partial charge in [0, 0.05) is 9.83 Å². The number of thioether (sulfide) groups is 2. The molecule has 72 valence electrons. The van der Waals surface area contributed by atoms with Crippen LogP contribution in [-0.4, -0.2) is 15.6 Å². The molecule has 0 saturated carbocycles. The molecule has 1 saturated heterocycles. The van der Waals surface area contributed by atoms with Crippen LogP contribution in [0.4, 0.5) is 0 Å². The van der Waals surface area contributed by atoms with E-state index in [0.717, 1.165) is 0 Å². The maximum absolute atomic E-state index is 2.32. The molecule has 0 N–H and O–H groups in total. The van der Waals surface area contributed by atoms with E-state index >= 15 is 0 Å². The maximum atomic E-state index is 2.32. The van der Waals surface area contributed by atoms with Crippen molar-refractivity contribution in [2.45, 2.75) is 50.7 Å². The van der Waals surface area contributed by atoms with Crippen molar-refractivity contribution in [3.63, 3.8) is 0 Å². The summed E-state index contributed by atoms with van der Waals surface area (Å²) in [4.78, 5) is 0. The second kappa shape index (κ2) is 5.43. The molecule has 0 aromatic heterocycles.